The van der Waals surface area contributed by atoms with Gasteiger partial charge in [0.05, 0.1) is 17.6 Å². The molecule has 0 saturated carbocycles. The molecule has 1 rings (SSSR count). The van der Waals surface area contributed by atoms with Gasteiger partial charge in [-0.3, -0.25) is 0 Å². The molecule has 1 aromatic carbocycles. The number of hydrogen-bond acceptors (Lipinski definition) is 5. The molecule has 0 bridgehead atoms. The molecule has 0 spiro atoms. The van der Waals surface area contributed by atoms with Gasteiger partial charge in [0, 0.05) is 12.1 Å². The predicted octanol–water partition coefficient (Wildman–Crippen LogP) is 1.22. The molecule has 0 fully saturated rings. The van der Waals surface area contributed by atoms with E-state index in [1.54, 1.807) is 20.8 Å². The smallest absolute Gasteiger partial charge is 0.338 e. The third-order valence-electron chi connectivity index (χ3n) is 2.70. The average molecular weight is 337 g/mol. The van der Waals surface area contributed by atoms with Gasteiger partial charge in [0.25, 0.3) is 0 Å². The number of esters is 1. The standard InChI is InChI=1S/C13H20N2O4S.ClH/c1-9-10(12(16)19-4)6-5-7-11(9)20(17,18)15-8-13(2,3)14;/h5-7,15H,8,14H2,1-4H3;1H. The number of carbonyl (C=O) groups is 1. The lowest BCUT2D eigenvalue weighted by molar-refractivity contribution is 0.0599. The second kappa shape index (κ2) is 7.22. The maximum atomic E-state index is 12.2. The lowest BCUT2D eigenvalue weighted by Crippen LogP contribution is -2.45. The lowest BCUT2D eigenvalue weighted by atomic mass is 10.1. The Labute approximate surface area is 131 Å². The van der Waals surface area contributed by atoms with E-state index in [1.165, 1.54) is 25.3 Å². The van der Waals surface area contributed by atoms with E-state index in [9.17, 15) is 13.2 Å². The van der Waals surface area contributed by atoms with Crippen LogP contribution in [0.3, 0.4) is 0 Å². The zero-order chi connectivity index (χ0) is 15.6. The Morgan fingerprint density at radius 1 is 1.38 bits per heavy atom. The highest BCUT2D eigenvalue weighted by Crippen LogP contribution is 2.19. The highest BCUT2D eigenvalue weighted by atomic mass is 35.5. The quantitative estimate of drug-likeness (QED) is 0.788. The molecule has 0 aliphatic carbocycles. The topological polar surface area (TPSA) is 98.5 Å². The van der Waals surface area contributed by atoms with Crippen LogP contribution in [0.15, 0.2) is 23.1 Å². The molecule has 0 aromatic heterocycles. The van der Waals surface area contributed by atoms with Gasteiger partial charge in [-0.15, -0.1) is 12.4 Å². The summed E-state index contributed by atoms with van der Waals surface area (Å²) < 4.78 is 31.5. The molecule has 6 nitrogen and oxygen atoms in total. The van der Waals surface area contributed by atoms with E-state index in [0.717, 1.165) is 0 Å². The number of benzene rings is 1. The summed E-state index contributed by atoms with van der Waals surface area (Å²) in [5, 5.41) is 0. The van der Waals surface area contributed by atoms with Crippen LogP contribution in [0, 0.1) is 6.92 Å². The van der Waals surface area contributed by atoms with Crippen LogP contribution in [0.1, 0.15) is 29.8 Å². The molecule has 21 heavy (non-hydrogen) atoms. The fourth-order valence-corrected chi connectivity index (χ4v) is 3.08. The van der Waals surface area contributed by atoms with Gasteiger partial charge in [0.2, 0.25) is 10.0 Å². The predicted molar refractivity (Wildman–Crippen MR) is 83.2 cm³/mol. The van der Waals surface area contributed by atoms with Gasteiger partial charge in [-0.25, -0.2) is 17.9 Å². The molecule has 0 atom stereocenters. The van der Waals surface area contributed by atoms with Crippen molar-refractivity contribution in [2.45, 2.75) is 31.2 Å². The molecule has 3 N–H and O–H groups in total. The summed E-state index contributed by atoms with van der Waals surface area (Å²) in [7, 11) is -2.48. The Kier molecular flexibility index (Phi) is 6.82. The molecule has 120 valence electrons. The van der Waals surface area contributed by atoms with Crippen LogP contribution in [0.25, 0.3) is 0 Å². The maximum absolute atomic E-state index is 12.2. The summed E-state index contributed by atoms with van der Waals surface area (Å²) in [6, 6.07) is 4.46. The third-order valence-corrected chi connectivity index (χ3v) is 4.24. The fraction of sp³-hybridized carbons (Fsp3) is 0.462. The van der Waals surface area contributed by atoms with Crippen LogP contribution in [-0.4, -0.2) is 33.6 Å². The normalized spacial score (nSPS) is 11.7. The van der Waals surface area contributed by atoms with Crippen molar-refractivity contribution in [3.8, 4) is 0 Å². The van der Waals surface area contributed by atoms with Crippen molar-refractivity contribution in [3.63, 3.8) is 0 Å². The fourth-order valence-electron chi connectivity index (χ4n) is 1.60. The zero-order valence-electron chi connectivity index (χ0n) is 12.5. The monoisotopic (exact) mass is 336 g/mol. The second-order valence-corrected chi connectivity index (χ2v) is 6.97. The first-order valence-electron chi connectivity index (χ1n) is 6.05. The molecular weight excluding hydrogens is 316 g/mol. The highest BCUT2D eigenvalue weighted by Gasteiger charge is 2.23. The molecule has 8 heteroatoms. The Bertz CT molecular complexity index is 609. The zero-order valence-corrected chi connectivity index (χ0v) is 14.1. The van der Waals surface area contributed by atoms with Crippen LogP contribution in [-0.2, 0) is 14.8 Å². The third kappa shape index (κ3) is 5.28. The van der Waals surface area contributed by atoms with Crippen molar-refractivity contribution < 1.29 is 17.9 Å². The van der Waals surface area contributed by atoms with E-state index in [1.807, 2.05) is 0 Å². The number of nitrogens with two attached hydrogens (primary N) is 1. The maximum Gasteiger partial charge on any atom is 0.338 e. The lowest BCUT2D eigenvalue weighted by Gasteiger charge is -2.19. The van der Waals surface area contributed by atoms with Gasteiger partial charge in [-0.1, -0.05) is 6.07 Å². The number of ether oxygens (including phenoxy) is 1. The molecule has 0 aliphatic heterocycles. The Balaban J connectivity index is 0.00000400. The summed E-state index contributed by atoms with van der Waals surface area (Å²) in [5.74, 6) is -0.571. The molecule has 0 saturated heterocycles. The average Bonchev–Trinajstić information content (AvgIpc) is 2.35. The second-order valence-electron chi connectivity index (χ2n) is 5.23. The molecule has 0 radical (unpaired) electrons. The van der Waals surface area contributed by atoms with E-state index in [-0.39, 0.29) is 29.4 Å². The molecule has 0 unspecified atom stereocenters. The van der Waals surface area contributed by atoms with Crippen LogP contribution in [0.2, 0.25) is 0 Å². The first-order valence-corrected chi connectivity index (χ1v) is 7.53. The first-order chi connectivity index (χ1) is 9.08. The summed E-state index contributed by atoms with van der Waals surface area (Å²) in [6.45, 7) is 5.09. The van der Waals surface area contributed by atoms with E-state index >= 15 is 0 Å². The van der Waals surface area contributed by atoms with Crippen molar-refractivity contribution in [2.75, 3.05) is 13.7 Å². The number of rotatable bonds is 5. The SMILES string of the molecule is COC(=O)c1cccc(S(=O)(=O)NCC(C)(C)N)c1C.Cl. The van der Waals surface area contributed by atoms with Crippen molar-refractivity contribution in [2.24, 2.45) is 5.73 Å². The van der Waals surface area contributed by atoms with Gasteiger partial charge in [0.1, 0.15) is 0 Å². The van der Waals surface area contributed by atoms with Crippen molar-refractivity contribution in [3.05, 3.63) is 29.3 Å². The minimum Gasteiger partial charge on any atom is -0.465 e. The van der Waals surface area contributed by atoms with E-state index in [2.05, 4.69) is 9.46 Å². The van der Waals surface area contributed by atoms with Gasteiger partial charge >= 0.3 is 5.97 Å². The summed E-state index contributed by atoms with van der Waals surface area (Å²) >= 11 is 0. The summed E-state index contributed by atoms with van der Waals surface area (Å²) in [6.07, 6.45) is 0. The number of hydrogen-bond donors (Lipinski definition) is 2. The van der Waals surface area contributed by atoms with Crippen LogP contribution in [0.4, 0.5) is 0 Å². The molecule has 0 heterocycles. The molecule has 0 amide bonds. The Morgan fingerprint density at radius 3 is 2.43 bits per heavy atom. The van der Waals surface area contributed by atoms with Crippen molar-refractivity contribution >= 4 is 28.4 Å². The number of halogens is 1. The van der Waals surface area contributed by atoms with Gasteiger partial charge in [-0.05, 0) is 38.5 Å². The van der Waals surface area contributed by atoms with Crippen LogP contribution < -0.4 is 10.5 Å². The minimum absolute atomic E-state index is 0. The summed E-state index contributed by atoms with van der Waals surface area (Å²) in [5.41, 5.74) is 5.66. The van der Waals surface area contributed by atoms with Crippen LogP contribution in [0.5, 0.6) is 0 Å². The van der Waals surface area contributed by atoms with Gasteiger partial charge < -0.3 is 10.5 Å². The van der Waals surface area contributed by atoms with Crippen molar-refractivity contribution in [1.82, 2.24) is 4.72 Å². The Morgan fingerprint density at radius 2 is 1.95 bits per heavy atom. The van der Waals surface area contributed by atoms with Crippen LogP contribution >= 0.6 is 12.4 Å². The van der Waals surface area contributed by atoms with E-state index in [4.69, 9.17) is 5.73 Å². The van der Waals surface area contributed by atoms with E-state index < -0.39 is 21.5 Å². The molecular formula is C13H21ClN2O4S. The first kappa shape index (κ1) is 19.9. The molecule has 1 aromatic rings. The number of methoxy groups -OCH3 is 1. The summed E-state index contributed by atoms with van der Waals surface area (Å²) in [4.78, 5) is 11.6. The minimum atomic E-state index is -3.73. The Hall–Kier alpha value is -1.15. The number of nitrogens with one attached hydrogen (secondary N) is 1. The van der Waals surface area contributed by atoms with Gasteiger partial charge in [-0.2, -0.15) is 0 Å². The number of carbonyl (C=O) groups excluding carboxylic acids is 1. The van der Waals surface area contributed by atoms with Gasteiger partial charge in [0.15, 0.2) is 0 Å². The number of sulfonamides is 1. The highest BCUT2D eigenvalue weighted by molar-refractivity contribution is 7.89. The van der Waals surface area contributed by atoms with E-state index in [0.29, 0.717) is 5.56 Å². The molecule has 0 aliphatic rings. The van der Waals surface area contributed by atoms with Crippen molar-refractivity contribution in [1.29, 1.82) is 0 Å². The largest absolute Gasteiger partial charge is 0.465 e.